The Labute approximate surface area is 97.5 Å². The van der Waals surface area contributed by atoms with Crippen LogP contribution in [0.15, 0.2) is 30.5 Å². The number of fused-ring (bicyclic) bond motifs is 1. The summed E-state index contributed by atoms with van der Waals surface area (Å²) in [5, 5.41) is 2.68. The molecule has 0 saturated heterocycles. The van der Waals surface area contributed by atoms with E-state index in [0.29, 0.717) is 0 Å². The third-order valence-corrected chi connectivity index (χ3v) is 3.09. The minimum atomic E-state index is 1.11. The Hall–Kier alpha value is -1.37. The normalized spacial score (nSPS) is 10.9. The molecule has 0 unspecified atom stereocenters. The van der Waals surface area contributed by atoms with Crippen molar-refractivity contribution in [2.45, 2.75) is 39.5 Å². The van der Waals surface area contributed by atoms with E-state index in [-0.39, 0.29) is 0 Å². The van der Waals surface area contributed by atoms with E-state index in [2.05, 4.69) is 43.1 Å². The average molecular weight is 213 g/mol. The Balaban J connectivity index is 2.35. The maximum atomic E-state index is 4.58. The van der Waals surface area contributed by atoms with Crippen LogP contribution in [-0.4, -0.2) is 4.98 Å². The molecule has 1 aromatic heterocycles. The molecule has 0 radical (unpaired) electrons. The second-order valence-electron chi connectivity index (χ2n) is 4.39. The van der Waals surface area contributed by atoms with Gasteiger partial charge < -0.3 is 0 Å². The molecule has 1 nitrogen and oxygen atoms in total. The van der Waals surface area contributed by atoms with Crippen molar-refractivity contribution in [3.05, 3.63) is 41.7 Å². The van der Waals surface area contributed by atoms with E-state index in [9.17, 15) is 0 Å². The van der Waals surface area contributed by atoms with Gasteiger partial charge in [-0.15, -0.1) is 0 Å². The molecule has 0 amide bonds. The van der Waals surface area contributed by atoms with Gasteiger partial charge in [-0.2, -0.15) is 0 Å². The number of aromatic nitrogens is 1. The summed E-state index contributed by atoms with van der Waals surface area (Å²) in [6, 6.07) is 8.59. The van der Waals surface area contributed by atoms with Gasteiger partial charge in [0.25, 0.3) is 0 Å². The lowest BCUT2D eigenvalue weighted by Gasteiger charge is -2.07. The number of hydrogen-bond donors (Lipinski definition) is 0. The van der Waals surface area contributed by atoms with Crippen molar-refractivity contribution in [1.29, 1.82) is 0 Å². The predicted octanol–water partition coefficient (Wildman–Crippen LogP) is 4.28. The van der Waals surface area contributed by atoms with Gasteiger partial charge in [0.2, 0.25) is 0 Å². The molecule has 0 atom stereocenters. The molecule has 2 aromatic rings. The quantitative estimate of drug-likeness (QED) is 0.691. The van der Waals surface area contributed by atoms with Gasteiger partial charge in [-0.1, -0.05) is 44.0 Å². The molecule has 0 spiro atoms. The van der Waals surface area contributed by atoms with Gasteiger partial charge in [0, 0.05) is 17.3 Å². The molecule has 0 aliphatic heterocycles. The van der Waals surface area contributed by atoms with Gasteiger partial charge >= 0.3 is 0 Å². The lowest BCUT2D eigenvalue weighted by molar-refractivity contribution is 0.710. The van der Waals surface area contributed by atoms with Gasteiger partial charge in [0.15, 0.2) is 0 Å². The summed E-state index contributed by atoms with van der Waals surface area (Å²) in [7, 11) is 0. The van der Waals surface area contributed by atoms with E-state index >= 15 is 0 Å². The molecule has 0 N–H and O–H groups in total. The van der Waals surface area contributed by atoms with Gasteiger partial charge in [0.05, 0.1) is 0 Å². The van der Waals surface area contributed by atoms with Crippen LogP contribution < -0.4 is 0 Å². The zero-order valence-corrected chi connectivity index (χ0v) is 10.2. The summed E-state index contributed by atoms with van der Waals surface area (Å²) < 4.78 is 0. The third kappa shape index (κ3) is 2.24. The molecule has 84 valence electrons. The second-order valence-corrected chi connectivity index (χ2v) is 4.39. The molecule has 16 heavy (non-hydrogen) atoms. The van der Waals surface area contributed by atoms with Crippen LogP contribution >= 0.6 is 0 Å². The van der Waals surface area contributed by atoms with Crippen molar-refractivity contribution in [1.82, 2.24) is 4.98 Å². The Morgan fingerprint density at radius 1 is 1.06 bits per heavy atom. The van der Waals surface area contributed by atoms with Gasteiger partial charge in [-0.05, 0) is 30.7 Å². The molecule has 0 aliphatic rings. The summed E-state index contributed by atoms with van der Waals surface area (Å²) in [4.78, 5) is 4.58. The van der Waals surface area contributed by atoms with Crippen molar-refractivity contribution < 1.29 is 0 Å². The SMILES string of the molecule is CCCCCc1ncc(C)c2ccccc12. The van der Waals surface area contributed by atoms with Crippen molar-refractivity contribution in [2.24, 2.45) is 0 Å². The maximum Gasteiger partial charge on any atom is 0.0482 e. The lowest BCUT2D eigenvalue weighted by atomic mass is 10.0. The zero-order chi connectivity index (χ0) is 11.4. The van der Waals surface area contributed by atoms with E-state index in [0.717, 1.165) is 6.42 Å². The number of pyridine rings is 1. The molecule has 0 aliphatic carbocycles. The second kappa shape index (κ2) is 5.11. The first-order chi connectivity index (χ1) is 7.83. The number of rotatable bonds is 4. The Morgan fingerprint density at radius 3 is 2.56 bits per heavy atom. The fraction of sp³-hybridized carbons (Fsp3) is 0.400. The minimum Gasteiger partial charge on any atom is -0.260 e. The van der Waals surface area contributed by atoms with Crippen LogP contribution in [0.2, 0.25) is 0 Å². The highest BCUT2D eigenvalue weighted by Gasteiger charge is 2.03. The number of aryl methyl sites for hydroxylation is 2. The first-order valence-electron chi connectivity index (χ1n) is 6.16. The molecular weight excluding hydrogens is 194 g/mol. The van der Waals surface area contributed by atoms with Crippen molar-refractivity contribution in [2.75, 3.05) is 0 Å². The highest BCUT2D eigenvalue weighted by molar-refractivity contribution is 5.87. The number of hydrogen-bond acceptors (Lipinski definition) is 1. The molecule has 0 fully saturated rings. The average Bonchev–Trinajstić information content (AvgIpc) is 2.33. The first kappa shape index (κ1) is 11.1. The molecule has 1 heterocycles. The van der Waals surface area contributed by atoms with Crippen molar-refractivity contribution in [3.63, 3.8) is 0 Å². The molecular formula is C15H19N. The van der Waals surface area contributed by atoms with Crippen LogP contribution in [-0.2, 0) is 6.42 Å². The van der Waals surface area contributed by atoms with E-state index < -0.39 is 0 Å². The first-order valence-corrected chi connectivity index (χ1v) is 6.16. The van der Waals surface area contributed by atoms with Crippen molar-refractivity contribution in [3.8, 4) is 0 Å². The zero-order valence-electron chi connectivity index (χ0n) is 10.2. The predicted molar refractivity (Wildman–Crippen MR) is 69.7 cm³/mol. The van der Waals surface area contributed by atoms with Gasteiger partial charge in [0.1, 0.15) is 0 Å². The van der Waals surface area contributed by atoms with Gasteiger partial charge in [-0.3, -0.25) is 4.98 Å². The molecule has 1 heteroatoms. The number of benzene rings is 1. The van der Waals surface area contributed by atoms with Crippen LogP contribution in [0.4, 0.5) is 0 Å². The fourth-order valence-electron chi connectivity index (χ4n) is 2.13. The van der Waals surface area contributed by atoms with Crippen molar-refractivity contribution >= 4 is 10.8 Å². The summed E-state index contributed by atoms with van der Waals surface area (Å²) in [5.41, 5.74) is 2.53. The molecule has 1 aromatic carbocycles. The largest absolute Gasteiger partial charge is 0.260 e. The maximum absolute atomic E-state index is 4.58. The van der Waals surface area contributed by atoms with E-state index in [1.54, 1.807) is 0 Å². The number of unbranched alkanes of at least 4 members (excludes halogenated alkanes) is 2. The van der Waals surface area contributed by atoms with Gasteiger partial charge in [-0.25, -0.2) is 0 Å². The Morgan fingerprint density at radius 2 is 1.81 bits per heavy atom. The van der Waals surface area contributed by atoms with Crippen LogP contribution in [0.3, 0.4) is 0 Å². The highest BCUT2D eigenvalue weighted by atomic mass is 14.7. The lowest BCUT2D eigenvalue weighted by Crippen LogP contribution is -1.93. The van der Waals surface area contributed by atoms with E-state index in [4.69, 9.17) is 0 Å². The number of nitrogens with zero attached hydrogens (tertiary/aromatic N) is 1. The summed E-state index contributed by atoms with van der Waals surface area (Å²) in [6.45, 7) is 4.37. The van der Waals surface area contributed by atoms with Crippen LogP contribution in [0, 0.1) is 6.92 Å². The molecule has 0 saturated carbocycles. The van der Waals surface area contributed by atoms with Crippen LogP contribution in [0.1, 0.15) is 37.4 Å². The monoisotopic (exact) mass is 213 g/mol. The van der Waals surface area contributed by atoms with Crippen LogP contribution in [0.5, 0.6) is 0 Å². The van der Waals surface area contributed by atoms with E-state index in [1.807, 2.05) is 6.20 Å². The molecule has 0 bridgehead atoms. The smallest absolute Gasteiger partial charge is 0.0482 e. The third-order valence-electron chi connectivity index (χ3n) is 3.09. The highest BCUT2D eigenvalue weighted by Crippen LogP contribution is 2.21. The Kier molecular flexibility index (Phi) is 3.55. The summed E-state index contributed by atoms with van der Waals surface area (Å²) in [5.74, 6) is 0. The Bertz CT molecular complexity index is 474. The fourth-order valence-corrected chi connectivity index (χ4v) is 2.13. The minimum absolute atomic E-state index is 1.11. The summed E-state index contributed by atoms with van der Waals surface area (Å²) >= 11 is 0. The van der Waals surface area contributed by atoms with E-state index in [1.165, 1.54) is 41.3 Å². The topological polar surface area (TPSA) is 12.9 Å². The molecule has 2 rings (SSSR count). The van der Waals surface area contributed by atoms with Crippen LogP contribution in [0.25, 0.3) is 10.8 Å². The summed E-state index contributed by atoms with van der Waals surface area (Å²) in [6.07, 6.45) is 6.92. The standard InChI is InChI=1S/C15H19N/c1-3-4-5-10-15-14-9-7-6-8-13(14)12(2)11-16-15/h6-9,11H,3-5,10H2,1-2H3.